The van der Waals surface area contributed by atoms with Crippen LogP contribution >= 0.6 is 15.9 Å². The van der Waals surface area contributed by atoms with Crippen molar-refractivity contribution in [2.24, 2.45) is 5.73 Å². The van der Waals surface area contributed by atoms with E-state index in [4.69, 9.17) is 5.73 Å². The molecule has 1 unspecified atom stereocenters. The Kier molecular flexibility index (Phi) is 3.85. The van der Waals surface area contributed by atoms with Gasteiger partial charge in [0, 0.05) is 16.9 Å². The van der Waals surface area contributed by atoms with Gasteiger partial charge in [0.25, 0.3) is 0 Å². The highest BCUT2D eigenvalue weighted by atomic mass is 79.9. The van der Waals surface area contributed by atoms with Crippen LogP contribution in [0.25, 0.3) is 11.0 Å². The molecule has 1 heterocycles. The van der Waals surface area contributed by atoms with Gasteiger partial charge >= 0.3 is 0 Å². The first-order valence-electron chi connectivity index (χ1n) is 6.67. The molecular formula is C16H16BrN3. The van der Waals surface area contributed by atoms with Crippen LogP contribution in [0.3, 0.4) is 0 Å². The second-order valence-electron chi connectivity index (χ2n) is 4.90. The zero-order valence-electron chi connectivity index (χ0n) is 11.0. The van der Waals surface area contributed by atoms with Gasteiger partial charge in [0.1, 0.15) is 5.82 Å². The molecule has 0 aliphatic rings. The molecule has 0 aliphatic heterocycles. The number of nitrogens with two attached hydrogens (primary N) is 1. The number of aryl methyl sites for hydroxylation is 1. The molecule has 3 aromatic rings. The number of aromatic nitrogens is 2. The van der Waals surface area contributed by atoms with E-state index in [0.717, 1.165) is 34.2 Å². The summed E-state index contributed by atoms with van der Waals surface area (Å²) in [5.41, 5.74) is 9.44. The fourth-order valence-corrected chi connectivity index (χ4v) is 2.67. The Morgan fingerprint density at radius 2 is 1.95 bits per heavy atom. The smallest absolute Gasteiger partial charge is 0.107 e. The molecule has 0 spiro atoms. The summed E-state index contributed by atoms with van der Waals surface area (Å²) < 4.78 is 1.06. The monoisotopic (exact) mass is 329 g/mol. The second-order valence-corrected chi connectivity index (χ2v) is 5.82. The van der Waals surface area contributed by atoms with Crippen molar-refractivity contribution in [3.63, 3.8) is 0 Å². The Labute approximate surface area is 126 Å². The summed E-state index contributed by atoms with van der Waals surface area (Å²) in [6.45, 7) is 0. The van der Waals surface area contributed by atoms with Crippen LogP contribution in [-0.4, -0.2) is 9.97 Å². The Morgan fingerprint density at radius 1 is 1.15 bits per heavy atom. The van der Waals surface area contributed by atoms with Crippen molar-refractivity contribution in [2.45, 2.75) is 18.9 Å². The number of halogens is 1. The van der Waals surface area contributed by atoms with E-state index in [-0.39, 0.29) is 6.04 Å². The number of rotatable bonds is 4. The Bertz CT molecular complexity index is 706. The fraction of sp³-hybridized carbons (Fsp3) is 0.188. The van der Waals surface area contributed by atoms with E-state index in [1.807, 2.05) is 36.4 Å². The molecule has 0 saturated carbocycles. The topological polar surface area (TPSA) is 54.7 Å². The number of benzene rings is 2. The van der Waals surface area contributed by atoms with Crippen molar-refractivity contribution in [2.75, 3.05) is 0 Å². The van der Waals surface area contributed by atoms with Gasteiger partial charge in [-0.15, -0.1) is 0 Å². The van der Waals surface area contributed by atoms with Crippen LogP contribution in [0.4, 0.5) is 0 Å². The van der Waals surface area contributed by atoms with E-state index >= 15 is 0 Å². The third-order valence-corrected chi connectivity index (χ3v) is 3.91. The third-order valence-electron chi connectivity index (χ3n) is 3.41. The zero-order valence-corrected chi connectivity index (χ0v) is 12.6. The van der Waals surface area contributed by atoms with Crippen LogP contribution in [0.15, 0.2) is 53.0 Å². The Morgan fingerprint density at radius 3 is 2.75 bits per heavy atom. The fourth-order valence-electron chi connectivity index (χ4n) is 2.31. The van der Waals surface area contributed by atoms with E-state index < -0.39 is 0 Å². The number of nitrogens with zero attached hydrogens (tertiary/aromatic N) is 1. The van der Waals surface area contributed by atoms with Crippen molar-refractivity contribution in [1.82, 2.24) is 9.97 Å². The van der Waals surface area contributed by atoms with Gasteiger partial charge in [0.2, 0.25) is 0 Å². The number of H-pyrrole nitrogens is 1. The normalized spacial score (nSPS) is 12.7. The number of nitrogens with one attached hydrogen (secondary N) is 1. The molecule has 3 nitrogen and oxygen atoms in total. The molecule has 3 rings (SSSR count). The highest BCUT2D eigenvalue weighted by Gasteiger charge is 2.08. The summed E-state index contributed by atoms with van der Waals surface area (Å²) in [5.74, 6) is 0.990. The third kappa shape index (κ3) is 2.92. The maximum Gasteiger partial charge on any atom is 0.107 e. The van der Waals surface area contributed by atoms with Crippen LogP contribution in [0.5, 0.6) is 0 Å². The van der Waals surface area contributed by atoms with Gasteiger partial charge in [-0.1, -0.05) is 46.3 Å². The lowest BCUT2D eigenvalue weighted by Gasteiger charge is -2.10. The number of fused-ring (bicyclic) bond motifs is 1. The van der Waals surface area contributed by atoms with Crippen LogP contribution in [-0.2, 0) is 6.42 Å². The first-order chi connectivity index (χ1) is 9.72. The van der Waals surface area contributed by atoms with Gasteiger partial charge in [0.05, 0.1) is 11.0 Å². The molecule has 3 N–H and O–H groups in total. The van der Waals surface area contributed by atoms with Gasteiger partial charge in [-0.05, 0) is 30.2 Å². The average molecular weight is 330 g/mol. The second kappa shape index (κ2) is 5.77. The van der Waals surface area contributed by atoms with E-state index in [1.165, 1.54) is 5.56 Å². The summed E-state index contributed by atoms with van der Waals surface area (Å²) in [4.78, 5) is 7.93. The van der Waals surface area contributed by atoms with Crippen molar-refractivity contribution in [3.05, 3.63) is 64.4 Å². The summed E-state index contributed by atoms with van der Waals surface area (Å²) in [5, 5.41) is 0. The van der Waals surface area contributed by atoms with E-state index in [9.17, 15) is 0 Å². The molecule has 0 aliphatic carbocycles. The Hall–Kier alpha value is -1.65. The van der Waals surface area contributed by atoms with E-state index in [1.54, 1.807) is 0 Å². The number of hydrogen-bond donors (Lipinski definition) is 2. The first-order valence-corrected chi connectivity index (χ1v) is 7.46. The minimum absolute atomic E-state index is 0.0520. The minimum atomic E-state index is 0.0520. The largest absolute Gasteiger partial charge is 0.342 e. The SMILES string of the molecule is NC(CCc1nc2ccc(Br)cc2[nH]1)c1ccccc1. The Balaban J connectivity index is 1.71. The van der Waals surface area contributed by atoms with Crippen LogP contribution < -0.4 is 5.73 Å². The molecule has 20 heavy (non-hydrogen) atoms. The lowest BCUT2D eigenvalue weighted by molar-refractivity contribution is 0.639. The lowest BCUT2D eigenvalue weighted by Crippen LogP contribution is -2.11. The molecule has 0 bridgehead atoms. The predicted octanol–water partition coefficient (Wildman–Crippen LogP) is 3.96. The predicted molar refractivity (Wildman–Crippen MR) is 85.5 cm³/mol. The molecular weight excluding hydrogens is 314 g/mol. The van der Waals surface area contributed by atoms with Crippen LogP contribution in [0, 0.1) is 0 Å². The summed E-state index contributed by atoms with van der Waals surface area (Å²) >= 11 is 3.47. The molecule has 1 atom stereocenters. The first kappa shape index (κ1) is 13.3. The number of aromatic amines is 1. The highest BCUT2D eigenvalue weighted by molar-refractivity contribution is 9.10. The maximum absolute atomic E-state index is 6.21. The standard InChI is InChI=1S/C16H16BrN3/c17-12-6-8-14-15(10-12)20-16(19-14)9-7-13(18)11-4-2-1-3-5-11/h1-6,8,10,13H,7,9,18H2,(H,19,20). The summed E-state index contributed by atoms with van der Waals surface area (Å²) in [6, 6.07) is 16.3. The van der Waals surface area contributed by atoms with Gasteiger partial charge in [0.15, 0.2) is 0 Å². The highest BCUT2D eigenvalue weighted by Crippen LogP contribution is 2.20. The minimum Gasteiger partial charge on any atom is -0.342 e. The van der Waals surface area contributed by atoms with Gasteiger partial charge < -0.3 is 10.7 Å². The van der Waals surface area contributed by atoms with Crippen molar-refractivity contribution < 1.29 is 0 Å². The van der Waals surface area contributed by atoms with Crippen molar-refractivity contribution in [3.8, 4) is 0 Å². The molecule has 102 valence electrons. The summed E-state index contributed by atoms with van der Waals surface area (Å²) in [7, 11) is 0. The molecule has 0 fully saturated rings. The van der Waals surface area contributed by atoms with E-state index in [2.05, 4.69) is 38.0 Å². The maximum atomic E-state index is 6.21. The quantitative estimate of drug-likeness (QED) is 0.761. The average Bonchev–Trinajstić information content (AvgIpc) is 2.87. The molecule has 2 aromatic carbocycles. The number of imidazole rings is 1. The van der Waals surface area contributed by atoms with Crippen LogP contribution in [0.1, 0.15) is 23.9 Å². The van der Waals surface area contributed by atoms with Gasteiger partial charge in [-0.25, -0.2) is 4.98 Å². The van der Waals surface area contributed by atoms with Crippen molar-refractivity contribution in [1.29, 1.82) is 0 Å². The summed E-state index contributed by atoms with van der Waals surface area (Å²) in [6.07, 6.45) is 1.73. The molecule has 0 saturated heterocycles. The molecule has 4 heteroatoms. The van der Waals surface area contributed by atoms with Crippen molar-refractivity contribution >= 4 is 27.0 Å². The molecule has 1 aromatic heterocycles. The van der Waals surface area contributed by atoms with E-state index in [0.29, 0.717) is 0 Å². The zero-order chi connectivity index (χ0) is 13.9. The molecule has 0 radical (unpaired) electrons. The van der Waals surface area contributed by atoms with Crippen LogP contribution in [0.2, 0.25) is 0 Å². The lowest BCUT2D eigenvalue weighted by atomic mass is 10.0. The van der Waals surface area contributed by atoms with Gasteiger partial charge in [-0.2, -0.15) is 0 Å². The number of hydrogen-bond acceptors (Lipinski definition) is 2. The molecule has 0 amide bonds. The van der Waals surface area contributed by atoms with Gasteiger partial charge in [-0.3, -0.25) is 0 Å².